The molecule has 3 atom stereocenters. The third-order valence-electron chi connectivity index (χ3n) is 6.64. The maximum Gasteiger partial charge on any atom is 0.295 e. The molecule has 0 aliphatic carbocycles. The van der Waals surface area contributed by atoms with E-state index in [9.17, 15) is 14.7 Å². The van der Waals surface area contributed by atoms with E-state index in [0.717, 1.165) is 36.1 Å². The first kappa shape index (κ1) is 22.5. The van der Waals surface area contributed by atoms with Crippen LogP contribution in [0.3, 0.4) is 0 Å². The lowest BCUT2D eigenvalue weighted by Crippen LogP contribution is -2.36. The summed E-state index contributed by atoms with van der Waals surface area (Å²) in [6.07, 6.45) is 2.43. The average Bonchev–Trinajstić information content (AvgIpc) is 3.53. The second-order valence-corrected chi connectivity index (χ2v) is 9.04. The van der Waals surface area contributed by atoms with E-state index in [1.165, 1.54) is 4.90 Å². The monoisotopic (exact) mass is 463 g/mol. The van der Waals surface area contributed by atoms with E-state index in [2.05, 4.69) is 0 Å². The Bertz CT molecular complexity index is 1130. The zero-order valence-electron chi connectivity index (χ0n) is 19.5. The molecule has 34 heavy (non-hydrogen) atoms. The summed E-state index contributed by atoms with van der Waals surface area (Å²) in [6.45, 7) is 5.39. The summed E-state index contributed by atoms with van der Waals surface area (Å²) < 4.78 is 17.1. The van der Waals surface area contributed by atoms with Crippen molar-refractivity contribution in [3.8, 4) is 11.5 Å². The SMILES string of the molecule is CCOc1ccc([C@@H]2C(=C(O)c3ccc4c(c3)C[C@@H](C)O4)C(=O)C(=O)N2C[C@H]2CCCO2)cc1. The van der Waals surface area contributed by atoms with Crippen molar-refractivity contribution in [2.45, 2.75) is 51.4 Å². The van der Waals surface area contributed by atoms with Gasteiger partial charge in [-0.1, -0.05) is 12.1 Å². The number of aliphatic hydroxyl groups is 1. The number of carbonyl (C=O) groups excluding carboxylic acids is 2. The molecule has 0 saturated carbocycles. The molecule has 0 spiro atoms. The number of rotatable bonds is 6. The Morgan fingerprint density at radius 1 is 1.18 bits per heavy atom. The van der Waals surface area contributed by atoms with Gasteiger partial charge < -0.3 is 24.2 Å². The maximum absolute atomic E-state index is 13.2. The van der Waals surface area contributed by atoms with Crippen LogP contribution >= 0.6 is 0 Å². The van der Waals surface area contributed by atoms with Crippen LogP contribution in [0.5, 0.6) is 11.5 Å². The predicted molar refractivity (Wildman–Crippen MR) is 126 cm³/mol. The fraction of sp³-hybridized carbons (Fsp3) is 0.407. The molecule has 178 valence electrons. The number of ketones is 1. The minimum atomic E-state index is -0.705. The third kappa shape index (κ3) is 4.05. The van der Waals surface area contributed by atoms with Crippen LogP contribution in [-0.4, -0.2) is 53.7 Å². The zero-order chi connectivity index (χ0) is 23.8. The first-order valence-corrected chi connectivity index (χ1v) is 11.9. The minimum absolute atomic E-state index is 0.0632. The summed E-state index contributed by atoms with van der Waals surface area (Å²) in [5, 5.41) is 11.3. The molecule has 2 fully saturated rings. The van der Waals surface area contributed by atoms with Crippen LogP contribution in [0.4, 0.5) is 0 Å². The van der Waals surface area contributed by atoms with Gasteiger partial charge >= 0.3 is 0 Å². The highest BCUT2D eigenvalue weighted by Crippen LogP contribution is 2.41. The fourth-order valence-corrected chi connectivity index (χ4v) is 5.06. The van der Waals surface area contributed by atoms with Gasteiger partial charge in [0.05, 0.1) is 24.3 Å². The lowest BCUT2D eigenvalue weighted by molar-refractivity contribution is -0.140. The summed E-state index contributed by atoms with van der Waals surface area (Å²) in [5.41, 5.74) is 2.31. The fourth-order valence-electron chi connectivity index (χ4n) is 5.06. The molecular weight excluding hydrogens is 434 g/mol. The first-order chi connectivity index (χ1) is 16.5. The predicted octanol–water partition coefficient (Wildman–Crippen LogP) is 4.01. The van der Waals surface area contributed by atoms with Crippen molar-refractivity contribution in [2.75, 3.05) is 19.8 Å². The molecule has 0 aromatic heterocycles. The van der Waals surface area contributed by atoms with Gasteiger partial charge in [-0.2, -0.15) is 0 Å². The van der Waals surface area contributed by atoms with Crippen LogP contribution in [0, 0.1) is 0 Å². The van der Waals surface area contributed by atoms with Crippen molar-refractivity contribution in [2.24, 2.45) is 0 Å². The summed E-state index contributed by atoms with van der Waals surface area (Å²) in [6, 6.07) is 12.0. The van der Waals surface area contributed by atoms with E-state index in [0.29, 0.717) is 31.1 Å². The van der Waals surface area contributed by atoms with E-state index in [1.807, 2.05) is 50.2 Å². The number of amides is 1. The highest BCUT2D eigenvalue weighted by molar-refractivity contribution is 6.46. The molecule has 7 heteroatoms. The Hall–Kier alpha value is -3.32. The van der Waals surface area contributed by atoms with Crippen molar-refractivity contribution < 1.29 is 28.9 Å². The molecule has 1 N–H and O–H groups in total. The Labute approximate surface area is 198 Å². The average molecular weight is 464 g/mol. The lowest BCUT2D eigenvalue weighted by Gasteiger charge is -2.27. The van der Waals surface area contributed by atoms with Gasteiger partial charge in [-0.15, -0.1) is 0 Å². The number of ether oxygens (including phenoxy) is 3. The van der Waals surface area contributed by atoms with E-state index in [4.69, 9.17) is 14.2 Å². The number of Topliss-reactive ketones (excluding diaryl/α,β-unsaturated/α-hetero) is 1. The van der Waals surface area contributed by atoms with Crippen LogP contribution in [-0.2, 0) is 20.7 Å². The van der Waals surface area contributed by atoms with Crippen molar-refractivity contribution in [1.29, 1.82) is 0 Å². The highest BCUT2D eigenvalue weighted by Gasteiger charge is 2.47. The van der Waals surface area contributed by atoms with Crippen LogP contribution in [0.1, 0.15) is 49.4 Å². The standard InChI is InChI=1S/C27H29NO6/c1-3-32-20-9-6-17(7-10-20)24-23(26(30)27(31)28(24)15-21-5-4-12-33-21)25(29)18-8-11-22-19(14-18)13-16(2)34-22/h6-11,14,16,21,24,29H,3-5,12-13,15H2,1-2H3/t16-,21-,24-/m1/s1. The van der Waals surface area contributed by atoms with Crippen LogP contribution in [0.25, 0.3) is 5.76 Å². The van der Waals surface area contributed by atoms with Crippen LogP contribution < -0.4 is 9.47 Å². The van der Waals surface area contributed by atoms with Gasteiger partial charge in [-0.3, -0.25) is 9.59 Å². The topological polar surface area (TPSA) is 85.3 Å². The largest absolute Gasteiger partial charge is 0.507 e. The Morgan fingerprint density at radius 3 is 2.68 bits per heavy atom. The quantitative estimate of drug-likeness (QED) is 0.396. The Kier molecular flexibility index (Phi) is 6.04. The van der Waals surface area contributed by atoms with Gasteiger partial charge in [0.2, 0.25) is 0 Å². The number of carbonyl (C=O) groups is 2. The minimum Gasteiger partial charge on any atom is -0.507 e. The molecule has 7 nitrogen and oxygen atoms in total. The van der Waals surface area contributed by atoms with Gasteiger partial charge in [0, 0.05) is 25.1 Å². The van der Waals surface area contributed by atoms with Crippen molar-refractivity contribution >= 4 is 17.4 Å². The van der Waals surface area contributed by atoms with Gasteiger partial charge in [-0.05, 0) is 68.1 Å². The molecule has 0 bridgehead atoms. The van der Waals surface area contributed by atoms with E-state index in [-0.39, 0.29) is 23.5 Å². The van der Waals surface area contributed by atoms with E-state index >= 15 is 0 Å². The van der Waals surface area contributed by atoms with Gasteiger partial charge in [0.15, 0.2) is 0 Å². The summed E-state index contributed by atoms with van der Waals surface area (Å²) in [5.74, 6) is 0.0176. The van der Waals surface area contributed by atoms with Crippen molar-refractivity contribution in [3.05, 3.63) is 64.7 Å². The number of nitrogens with zero attached hydrogens (tertiary/aromatic N) is 1. The molecule has 0 unspecified atom stereocenters. The zero-order valence-corrected chi connectivity index (χ0v) is 19.5. The Morgan fingerprint density at radius 2 is 1.97 bits per heavy atom. The van der Waals surface area contributed by atoms with Gasteiger partial charge in [0.1, 0.15) is 23.4 Å². The molecule has 3 aliphatic heterocycles. The molecule has 1 amide bonds. The van der Waals surface area contributed by atoms with Gasteiger partial charge in [-0.25, -0.2) is 0 Å². The third-order valence-corrected chi connectivity index (χ3v) is 6.64. The highest BCUT2D eigenvalue weighted by atomic mass is 16.5. The van der Waals surface area contributed by atoms with E-state index in [1.54, 1.807) is 6.07 Å². The number of benzene rings is 2. The molecule has 2 aromatic rings. The molecule has 3 heterocycles. The van der Waals surface area contributed by atoms with E-state index < -0.39 is 17.7 Å². The normalized spacial score (nSPS) is 25.5. The Balaban J connectivity index is 1.57. The maximum atomic E-state index is 13.2. The molecular formula is C27H29NO6. The summed E-state index contributed by atoms with van der Waals surface area (Å²) in [4.78, 5) is 27.9. The molecule has 2 aromatic carbocycles. The number of hydrogen-bond acceptors (Lipinski definition) is 6. The first-order valence-electron chi connectivity index (χ1n) is 11.9. The summed E-state index contributed by atoms with van der Waals surface area (Å²) >= 11 is 0. The second-order valence-electron chi connectivity index (χ2n) is 9.04. The van der Waals surface area contributed by atoms with Crippen LogP contribution in [0.15, 0.2) is 48.0 Å². The van der Waals surface area contributed by atoms with Crippen molar-refractivity contribution in [3.63, 3.8) is 0 Å². The molecule has 0 radical (unpaired) electrons. The molecule has 5 rings (SSSR count). The van der Waals surface area contributed by atoms with Crippen LogP contribution in [0.2, 0.25) is 0 Å². The van der Waals surface area contributed by atoms with Crippen molar-refractivity contribution in [1.82, 2.24) is 4.90 Å². The number of aliphatic hydroxyl groups excluding tert-OH is 1. The summed E-state index contributed by atoms with van der Waals surface area (Å²) in [7, 11) is 0. The lowest BCUT2D eigenvalue weighted by atomic mass is 9.94. The molecule has 3 aliphatic rings. The number of fused-ring (bicyclic) bond motifs is 1. The molecule has 2 saturated heterocycles. The van der Waals surface area contributed by atoms with Gasteiger partial charge in [0.25, 0.3) is 11.7 Å². The smallest absolute Gasteiger partial charge is 0.295 e. The number of likely N-dealkylation sites (tertiary alicyclic amines) is 1. The second kappa shape index (κ2) is 9.14. The number of hydrogen-bond donors (Lipinski definition) is 1.